The average molecular weight is 197 g/mol. The smallest absolute Gasteiger partial charge is 0.0677 e. The predicted molar refractivity (Wildman–Crippen MR) is 58.2 cm³/mol. The molecular formula is C12H23NO. The van der Waals surface area contributed by atoms with E-state index < -0.39 is 0 Å². The van der Waals surface area contributed by atoms with Crippen molar-refractivity contribution in [2.24, 2.45) is 5.92 Å². The van der Waals surface area contributed by atoms with Gasteiger partial charge in [0.05, 0.1) is 5.60 Å². The van der Waals surface area contributed by atoms with Crippen LogP contribution in [0.2, 0.25) is 0 Å². The van der Waals surface area contributed by atoms with Crippen LogP contribution in [0.1, 0.15) is 52.4 Å². The summed E-state index contributed by atoms with van der Waals surface area (Å²) in [6.07, 6.45) is 6.67. The Balaban J connectivity index is 1.89. The quantitative estimate of drug-likeness (QED) is 0.726. The second kappa shape index (κ2) is 3.82. The summed E-state index contributed by atoms with van der Waals surface area (Å²) >= 11 is 0. The molecule has 2 atom stereocenters. The maximum absolute atomic E-state index is 10.5. The van der Waals surface area contributed by atoms with Gasteiger partial charge < -0.3 is 10.4 Å². The van der Waals surface area contributed by atoms with Gasteiger partial charge in [0.25, 0.3) is 0 Å². The summed E-state index contributed by atoms with van der Waals surface area (Å²) in [5, 5.41) is 14.0. The summed E-state index contributed by atoms with van der Waals surface area (Å²) in [7, 11) is 0. The Morgan fingerprint density at radius 3 is 2.36 bits per heavy atom. The molecule has 2 nitrogen and oxygen atoms in total. The van der Waals surface area contributed by atoms with Gasteiger partial charge in [-0.05, 0) is 44.4 Å². The van der Waals surface area contributed by atoms with Gasteiger partial charge in [0.2, 0.25) is 0 Å². The van der Waals surface area contributed by atoms with Crippen LogP contribution in [0.25, 0.3) is 0 Å². The van der Waals surface area contributed by atoms with E-state index in [9.17, 15) is 5.11 Å². The number of rotatable bonds is 3. The minimum absolute atomic E-state index is 0.346. The number of hydrogen-bond donors (Lipinski definition) is 2. The summed E-state index contributed by atoms with van der Waals surface area (Å²) < 4.78 is 0. The summed E-state index contributed by atoms with van der Waals surface area (Å²) in [4.78, 5) is 0. The maximum Gasteiger partial charge on any atom is 0.0677 e. The maximum atomic E-state index is 10.5. The van der Waals surface area contributed by atoms with Crippen molar-refractivity contribution in [2.45, 2.75) is 70.1 Å². The van der Waals surface area contributed by atoms with Gasteiger partial charge in [0.15, 0.2) is 0 Å². The molecular weight excluding hydrogens is 174 g/mol. The second-order valence-electron chi connectivity index (χ2n) is 5.70. The molecule has 0 aromatic carbocycles. The van der Waals surface area contributed by atoms with Gasteiger partial charge in [0.1, 0.15) is 0 Å². The molecule has 0 amide bonds. The first-order valence-electron chi connectivity index (χ1n) is 6.06. The molecule has 0 aliphatic carbocycles. The number of hydrogen-bond acceptors (Lipinski definition) is 2. The van der Waals surface area contributed by atoms with Crippen LogP contribution < -0.4 is 5.32 Å². The van der Waals surface area contributed by atoms with Gasteiger partial charge in [-0.3, -0.25) is 0 Å². The topological polar surface area (TPSA) is 32.3 Å². The number of aliphatic hydroxyl groups is 1. The molecule has 2 unspecified atom stereocenters. The zero-order valence-electron chi connectivity index (χ0n) is 9.42. The Morgan fingerprint density at radius 1 is 1.29 bits per heavy atom. The molecule has 0 radical (unpaired) electrons. The third kappa shape index (κ3) is 2.29. The number of fused-ring (bicyclic) bond motifs is 2. The fourth-order valence-electron chi connectivity index (χ4n) is 2.99. The third-order valence-electron chi connectivity index (χ3n) is 3.77. The van der Waals surface area contributed by atoms with Crippen molar-refractivity contribution in [3.05, 3.63) is 0 Å². The molecule has 14 heavy (non-hydrogen) atoms. The van der Waals surface area contributed by atoms with Crippen molar-refractivity contribution in [3.8, 4) is 0 Å². The number of nitrogens with one attached hydrogen (secondary N) is 1. The van der Waals surface area contributed by atoms with Crippen molar-refractivity contribution < 1.29 is 5.11 Å². The van der Waals surface area contributed by atoms with Crippen molar-refractivity contribution in [1.29, 1.82) is 0 Å². The first-order valence-corrected chi connectivity index (χ1v) is 6.06. The van der Waals surface area contributed by atoms with Crippen LogP contribution in [-0.4, -0.2) is 22.8 Å². The van der Waals surface area contributed by atoms with E-state index in [4.69, 9.17) is 0 Å². The van der Waals surface area contributed by atoms with Gasteiger partial charge in [-0.2, -0.15) is 0 Å². The van der Waals surface area contributed by atoms with Crippen LogP contribution in [0.5, 0.6) is 0 Å². The largest absolute Gasteiger partial charge is 0.390 e. The molecule has 0 aromatic heterocycles. The molecule has 2 N–H and O–H groups in total. The minimum Gasteiger partial charge on any atom is -0.390 e. The zero-order chi connectivity index (χ0) is 10.2. The zero-order valence-corrected chi connectivity index (χ0v) is 9.42. The first kappa shape index (κ1) is 10.4. The normalized spacial score (nSPS) is 42.0. The lowest BCUT2D eigenvalue weighted by atomic mass is 9.82. The van der Waals surface area contributed by atoms with E-state index in [1.807, 2.05) is 0 Å². The number of piperidine rings is 1. The predicted octanol–water partition coefficient (Wildman–Crippen LogP) is 2.07. The van der Waals surface area contributed by atoms with Crippen LogP contribution in [0.15, 0.2) is 0 Å². The Morgan fingerprint density at radius 2 is 1.86 bits per heavy atom. The van der Waals surface area contributed by atoms with E-state index in [0.717, 1.165) is 25.7 Å². The molecule has 0 spiro atoms. The summed E-state index contributed by atoms with van der Waals surface area (Å²) in [5.41, 5.74) is -0.346. The van der Waals surface area contributed by atoms with Crippen LogP contribution in [0.3, 0.4) is 0 Å². The highest BCUT2D eigenvalue weighted by atomic mass is 16.3. The summed E-state index contributed by atoms with van der Waals surface area (Å²) in [5.74, 6) is 0.714. The monoisotopic (exact) mass is 197 g/mol. The van der Waals surface area contributed by atoms with Crippen LogP contribution in [-0.2, 0) is 0 Å². The molecule has 2 heteroatoms. The van der Waals surface area contributed by atoms with E-state index in [-0.39, 0.29) is 5.60 Å². The van der Waals surface area contributed by atoms with Gasteiger partial charge >= 0.3 is 0 Å². The standard InChI is InChI=1S/C12H23NO/c1-9(2)5-6-12(14)7-10-3-4-11(8-12)13-10/h9-11,13-14H,3-8H2,1-2H3. The minimum atomic E-state index is -0.346. The van der Waals surface area contributed by atoms with E-state index in [2.05, 4.69) is 19.2 Å². The fourth-order valence-corrected chi connectivity index (χ4v) is 2.99. The van der Waals surface area contributed by atoms with Crippen LogP contribution in [0, 0.1) is 5.92 Å². The van der Waals surface area contributed by atoms with Crippen LogP contribution in [0.4, 0.5) is 0 Å². The average Bonchev–Trinajstić information content (AvgIpc) is 2.43. The molecule has 2 fully saturated rings. The Kier molecular flexibility index (Phi) is 2.85. The highest BCUT2D eigenvalue weighted by molar-refractivity contribution is 4.99. The SMILES string of the molecule is CC(C)CCC1(O)CC2CCC(C1)N2. The second-order valence-corrected chi connectivity index (χ2v) is 5.70. The molecule has 0 saturated carbocycles. The lowest BCUT2D eigenvalue weighted by molar-refractivity contribution is -0.0178. The van der Waals surface area contributed by atoms with Crippen LogP contribution >= 0.6 is 0 Å². The van der Waals surface area contributed by atoms with Crippen molar-refractivity contribution >= 4 is 0 Å². The molecule has 2 rings (SSSR count). The molecule has 2 saturated heterocycles. The molecule has 82 valence electrons. The van der Waals surface area contributed by atoms with Gasteiger partial charge in [-0.25, -0.2) is 0 Å². The Labute approximate surface area is 87.1 Å². The molecule has 2 aliphatic heterocycles. The highest BCUT2D eigenvalue weighted by Crippen LogP contribution is 2.37. The first-order chi connectivity index (χ1) is 6.57. The van der Waals surface area contributed by atoms with E-state index in [0.29, 0.717) is 18.0 Å². The molecule has 2 aliphatic rings. The lowest BCUT2D eigenvalue weighted by Crippen LogP contribution is -2.48. The van der Waals surface area contributed by atoms with Crippen molar-refractivity contribution in [3.63, 3.8) is 0 Å². The molecule has 0 aromatic rings. The lowest BCUT2D eigenvalue weighted by Gasteiger charge is -2.37. The Hall–Kier alpha value is -0.0800. The van der Waals surface area contributed by atoms with Crippen molar-refractivity contribution in [1.82, 2.24) is 5.32 Å². The Bertz CT molecular complexity index is 190. The highest BCUT2D eigenvalue weighted by Gasteiger charge is 2.41. The molecule has 2 bridgehead atoms. The van der Waals surface area contributed by atoms with E-state index in [1.54, 1.807) is 0 Å². The van der Waals surface area contributed by atoms with Gasteiger partial charge in [-0.1, -0.05) is 13.8 Å². The van der Waals surface area contributed by atoms with E-state index in [1.165, 1.54) is 12.8 Å². The summed E-state index contributed by atoms with van der Waals surface area (Å²) in [6, 6.07) is 1.21. The van der Waals surface area contributed by atoms with Crippen molar-refractivity contribution in [2.75, 3.05) is 0 Å². The fraction of sp³-hybridized carbons (Fsp3) is 1.00. The van der Waals surface area contributed by atoms with Gasteiger partial charge in [-0.15, -0.1) is 0 Å². The third-order valence-corrected chi connectivity index (χ3v) is 3.77. The molecule has 2 heterocycles. The van der Waals surface area contributed by atoms with E-state index >= 15 is 0 Å². The van der Waals surface area contributed by atoms with Gasteiger partial charge in [0, 0.05) is 12.1 Å². The summed E-state index contributed by atoms with van der Waals surface area (Å²) in [6.45, 7) is 4.47.